The molecule has 88 valence electrons. The predicted molar refractivity (Wildman–Crippen MR) is 61.0 cm³/mol. The molecule has 0 aliphatic carbocycles. The van der Waals surface area contributed by atoms with Crippen LogP contribution in [-0.4, -0.2) is 15.3 Å². The summed E-state index contributed by atoms with van der Waals surface area (Å²) < 4.78 is 6.32. The molecule has 2 rings (SSSR count). The van der Waals surface area contributed by atoms with E-state index in [9.17, 15) is 9.59 Å². The number of hydrogen-bond acceptors (Lipinski definition) is 4. The van der Waals surface area contributed by atoms with E-state index in [-0.39, 0.29) is 18.1 Å². The molecule has 17 heavy (non-hydrogen) atoms. The van der Waals surface area contributed by atoms with E-state index in [0.717, 1.165) is 0 Å². The van der Waals surface area contributed by atoms with Crippen LogP contribution >= 0.6 is 0 Å². The van der Waals surface area contributed by atoms with Crippen LogP contribution in [0.3, 0.4) is 0 Å². The van der Waals surface area contributed by atoms with Crippen LogP contribution in [-0.2, 0) is 6.54 Å². The first-order chi connectivity index (χ1) is 8.08. The van der Waals surface area contributed by atoms with E-state index in [0.29, 0.717) is 11.4 Å². The molecule has 0 amide bonds. The maximum atomic E-state index is 11.8. The average Bonchev–Trinajstić information content (AvgIpc) is 2.76. The molecule has 0 atom stereocenters. The van der Waals surface area contributed by atoms with Gasteiger partial charge < -0.3 is 4.42 Å². The Hall–Kier alpha value is -2.17. The van der Waals surface area contributed by atoms with Gasteiger partial charge in [0.25, 0.3) is 0 Å². The van der Waals surface area contributed by atoms with Crippen molar-refractivity contribution in [2.24, 2.45) is 0 Å². The van der Waals surface area contributed by atoms with Crippen molar-refractivity contribution in [2.75, 3.05) is 0 Å². The fourth-order valence-corrected chi connectivity index (χ4v) is 1.63. The molecule has 0 spiro atoms. The zero-order valence-electron chi connectivity index (χ0n) is 9.64. The van der Waals surface area contributed by atoms with Crippen molar-refractivity contribution in [3.63, 3.8) is 0 Å². The van der Waals surface area contributed by atoms with Gasteiger partial charge in [-0.2, -0.15) is 4.98 Å². The van der Waals surface area contributed by atoms with E-state index in [1.165, 1.54) is 10.8 Å². The molecule has 0 bridgehead atoms. The second-order valence-corrected chi connectivity index (χ2v) is 3.81. The van der Waals surface area contributed by atoms with Crippen molar-refractivity contribution < 1.29 is 9.21 Å². The topological polar surface area (TPSA) is 65.1 Å². The fourth-order valence-electron chi connectivity index (χ4n) is 1.63. The molecule has 0 saturated heterocycles. The normalized spacial score (nSPS) is 10.5. The maximum absolute atomic E-state index is 11.8. The van der Waals surface area contributed by atoms with Crippen LogP contribution in [0.1, 0.15) is 21.9 Å². The lowest BCUT2D eigenvalue weighted by molar-refractivity contribution is 0.0942. The number of carbonyl (C=O) groups excluding carboxylic acids is 1. The van der Waals surface area contributed by atoms with Crippen molar-refractivity contribution >= 4 is 5.78 Å². The number of carbonyl (C=O) groups is 1. The monoisotopic (exact) mass is 232 g/mol. The van der Waals surface area contributed by atoms with Crippen LogP contribution in [0.4, 0.5) is 0 Å². The molecule has 0 saturated carbocycles. The summed E-state index contributed by atoms with van der Waals surface area (Å²) in [6.45, 7) is 3.46. The van der Waals surface area contributed by atoms with E-state index in [4.69, 9.17) is 4.42 Å². The first-order valence-electron chi connectivity index (χ1n) is 5.19. The Morgan fingerprint density at radius 1 is 1.47 bits per heavy atom. The molecule has 0 N–H and O–H groups in total. The zero-order valence-corrected chi connectivity index (χ0v) is 9.64. The number of furan rings is 1. The Morgan fingerprint density at radius 3 is 2.82 bits per heavy atom. The molecular formula is C12H12N2O3. The number of aryl methyl sites for hydroxylation is 2. The molecule has 5 heteroatoms. The average molecular weight is 232 g/mol. The van der Waals surface area contributed by atoms with Crippen LogP contribution in [0.15, 0.2) is 33.7 Å². The third kappa shape index (κ3) is 2.33. The van der Waals surface area contributed by atoms with Crippen molar-refractivity contribution in [2.45, 2.75) is 20.4 Å². The van der Waals surface area contributed by atoms with Gasteiger partial charge in [0.05, 0.1) is 12.8 Å². The van der Waals surface area contributed by atoms with Gasteiger partial charge in [0.1, 0.15) is 0 Å². The molecule has 0 unspecified atom stereocenters. The molecule has 0 fully saturated rings. The van der Waals surface area contributed by atoms with E-state index in [1.54, 1.807) is 32.0 Å². The second kappa shape index (κ2) is 4.37. The molecule has 2 heterocycles. The number of nitrogens with zero attached hydrogens (tertiary/aromatic N) is 2. The second-order valence-electron chi connectivity index (χ2n) is 3.81. The summed E-state index contributed by atoms with van der Waals surface area (Å²) in [6.07, 6.45) is 1.43. The quantitative estimate of drug-likeness (QED) is 0.749. The number of aromatic nitrogens is 2. The largest absolute Gasteiger partial charge is 0.461 e. The fraction of sp³-hybridized carbons (Fsp3) is 0.250. The molecule has 5 nitrogen and oxygen atoms in total. The summed E-state index contributed by atoms with van der Waals surface area (Å²) in [5.74, 6) is 0.00253. The minimum Gasteiger partial charge on any atom is -0.461 e. The van der Waals surface area contributed by atoms with E-state index in [2.05, 4.69) is 4.98 Å². The summed E-state index contributed by atoms with van der Waals surface area (Å²) in [6, 6.07) is 4.97. The molecule has 0 radical (unpaired) electrons. The van der Waals surface area contributed by atoms with Gasteiger partial charge in [-0.15, -0.1) is 0 Å². The van der Waals surface area contributed by atoms with E-state index >= 15 is 0 Å². The molecule has 2 aromatic rings. The predicted octanol–water partition coefficient (Wildman–Crippen LogP) is 1.34. The molecule has 0 aliphatic heterocycles. The smallest absolute Gasteiger partial charge is 0.348 e. The molecular weight excluding hydrogens is 220 g/mol. The molecule has 2 aromatic heterocycles. The third-order valence-corrected chi connectivity index (χ3v) is 2.44. The SMILES string of the molecule is Cc1cc(C)n(CC(=O)c2ccco2)c(=O)n1. The Labute approximate surface area is 97.7 Å². The van der Waals surface area contributed by atoms with Crippen LogP contribution in [0.5, 0.6) is 0 Å². The van der Waals surface area contributed by atoms with Gasteiger partial charge in [-0.25, -0.2) is 4.79 Å². The van der Waals surface area contributed by atoms with Crippen LogP contribution in [0.25, 0.3) is 0 Å². The van der Waals surface area contributed by atoms with E-state index in [1.807, 2.05) is 0 Å². The van der Waals surface area contributed by atoms with Crippen molar-refractivity contribution in [3.8, 4) is 0 Å². The number of rotatable bonds is 3. The lowest BCUT2D eigenvalue weighted by Crippen LogP contribution is -2.28. The van der Waals surface area contributed by atoms with Gasteiger partial charge in [0.2, 0.25) is 5.78 Å². The number of Topliss-reactive ketones (excluding diaryl/α,β-unsaturated/α-hetero) is 1. The minimum absolute atomic E-state index is 0.0501. The highest BCUT2D eigenvalue weighted by Crippen LogP contribution is 2.04. The maximum Gasteiger partial charge on any atom is 0.348 e. The Morgan fingerprint density at radius 2 is 2.24 bits per heavy atom. The molecule has 0 aromatic carbocycles. The highest BCUT2D eigenvalue weighted by atomic mass is 16.3. The van der Waals surface area contributed by atoms with Crippen molar-refractivity contribution in [1.82, 2.24) is 9.55 Å². The van der Waals surface area contributed by atoms with Gasteiger partial charge in [-0.05, 0) is 32.0 Å². The van der Waals surface area contributed by atoms with Gasteiger partial charge in [0.15, 0.2) is 5.76 Å². The third-order valence-electron chi connectivity index (χ3n) is 2.44. The zero-order chi connectivity index (χ0) is 12.4. The highest BCUT2D eigenvalue weighted by Gasteiger charge is 2.12. The molecule has 0 aliphatic rings. The van der Waals surface area contributed by atoms with Crippen LogP contribution in [0.2, 0.25) is 0 Å². The van der Waals surface area contributed by atoms with Crippen molar-refractivity contribution in [1.29, 1.82) is 0 Å². The summed E-state index contributed by atoms with van der Waals surface area (Å²) in [5, 5.41) is 0. The summed E-state index contributed by atoms with van der Waals surface area (Å²) in [7, 11) is 0. The van der Waals surface area contributed by atoms with Gasteiger partial charge in [0, 0.05) is 11.4 Å². The highest BCUT2D eigenvalue weighted by molar-refractivity contribution is 5.93. The van der Waals surface area contributed by atoms with Crippen LogP contribution in [0, 0.1) is 13.8 Å². The number of hydrogen-bond donors (Lipinski definition) is 0. The first kappa shape index (κ1) is 11.3. The lowest BCUT2D eigenvalue weighted by Gasteiger charge is -2.07. The number of ketones is 1. The van der Waals surface area contributed by atoms with Crippen LogP contribution < -0.4 is 5.69 Å². The Bertz CT molecular complexity index is 597. The lowest BCUT2D eigenvalue weighted by atomic mass is 10.3. The Kier molecular flexibility index (Phi) is 2.91. The Balaban J connectivity index is 2.31. The summed E-state index contributed by atoms with van der Waals surface area (Å²) in [4.78, 5) is 27.2. The van der Waals surface area contributed by atoms with Gasteiger partial charge in [-0.1, -0.05) is 0 Å². The summed E-state index contributed by atoms with van der Waals surface area (Å²) in [5.41, 5.74) is 0.944. The standard InChI is InChI=1S/C12H12N2O3/c1-8-6-9(2)14(12(16)13-8)7-10(15)11-4-3-5-17-11/h3-6H,7H2,1-2H3. The van der Waals surface area contributed by atoms with E-state index < -0.39 is 5.69 Å². The first-order valence-corrected chi connectivity index (χ1v) is 5.19. The van der Waals surface area contributed by atoms with Gasteiger partial charge >= 0.3 is 5.69 Å². The summed E-state index contributed by atoms with van der Waals surface area (Å²) >= 11 is 0. The van der Waals surface area contributed by atoms with Gasteiger partial charge in [-0.3, -0.25) is 9.36 Å². The minimum atomic E-state index is -0.414. The van der Waals surface area contributed by atoms with Crippen molar-refractivity contribution in [3.05, 3.63) is 52.1 Å².